The third-order valence-corrected chi connectivity index (χ3v) is 6.81. The van der Waals surface area contributed by atoms with Gasteiger partial charge in [0.05, 0.1) is 27.9 Å². The van der Waals surface area contributed by atoms with E-state index in [4.69, 9.17) is 20.4 Å². The van der Waals surface area contributed by atoms with Gasteiger partial charge in [-0.15, -0.1) is 0 Å². The lowest BCUT2D eigenvalue weighted by atomic mass is 10.1. The lowest BCUT2D eigenvalue weighted by Crippen LogP contribution is -2.23. The van der Waals surface area contributed by atoms with Crippen LogP contribution in [0.25, 0.3) is 44.1 Å². The van der Waals surface area contributed by atoms with Crippen LogP contribution < -0.4 is 10.7 Å². The van der Waals surface area contributed by atoms with Gasteiger partial charge in [-0.2, -0.15) is 10.5 Å². The summed E-state index contributed by atoms with van der Waals surface area (Å²) in [5.41, 5.74) is 5.58. The molecule has 0 unspecified atom stereocenters. The molecule has 4 radical (unpaired) electrons. The molecule has 0 amide bonds. The minimum atomic E-state index is 0.148. The summed E-state index contributed by atoms with van der Waals surface area (Å²) >= 11 is 0. The van der Waals surface area contributed by atoms with Crippen LogP contribution in [0.4, 0.5) is 0 Å². The fourth-order valence-corrected chi connectivity index (χ4v) is 4.91. The maximum atomic E-state index is 10.3. The van der Waals surface area contributed by atoms with Crippen LogP contribution in [0.3, 0.4) is 0 Å². The first-order chi connectivity index (χ1) is 18.3. The first-order valence-corrected chi connectivity index (χ1v) is 11.7. The maximum absolute atomic E-state index is 10.3. The van der Waals surface area contributed by atoms with Crippen LogP contribution in [-0.4, -0.2) is 39.9 Å². The first-order valence-electron chi connectivity index (χ1n) is 11.7. The Hall–Kier alpha value is -5.08. The molecule has 0 aliphatic heterocycles. The van der Waals surface area contributed by atoms with E-state index < -0.39 is 0 Å². The average Bonchev–Trinajstić information content (AvgIpc) is 3.53. The van der Waals surface area contributed by atoms with E-state index in [0.29, 0.717) is 60.7 Å². The fraction of sp³-hybridized carbons (Fsp3) is 0.107. The van der Waals surface area contributed by atoms with Crippen molar-refractivity contribution in [3.8, 4) is 12.1 Å². The van der Waals surface area contributed by atoms with Gasteiger partial charge in [-0.25, -0.2) is 9.97 Å². The Morgan fingerprint density at radius 3 is 2.11 bits per heavy atom. The molecule has 0 N–H and O–H groups in total. The SMILES string of the molecule is [B]n1c(C)c2/c(=C(\C#N)c3cnc4ccccc4n3)n([B])c(C)c2/c1=C(\C#N)c1nc2cc(C)ccc2o1. The van der Waals surface area contributed by atoms with Crippen molar-refractivity contribution in [2.75, 3.05) is 0 Å². The Labute approximate surface area is 219 Å². The molecule has 8 nitrogen and oxygen atoms in total. The minimum absolute atomic E-state index is 0.148. The van der Waals surface area contributed by atoms with Crippen molar-refractivity contribution in [2.45, 2.75) is 20.8 Å². The van der Waals surface area contributed by atoms with Crippen molar-refractivity contribution in [2.24, 2.45) is 0 Å². The molecule has 0 bridgehead atoms. The fourth-order valence-electron chi connectivity index (χ4n) is 4.91. The lowest BCUT2D eigenvalue weighted by Gasteiger charge is -2.06. The van der Waals surface area contributed by atoms with E-state index in [9.17, 15) is 10.5 Å². The number of aromatic nitrogens is 5. The molecule has 0 spiro atoms. The van der Waals surface area contributed by atoms with E-state index in [1.165, 1.54) is 8.96 Å². The average molecular weight is 489 g/mol. The summed E-state index contributed by atoms with van der Waals surface area (Å²) < 4.78 is 8.80. The van der Waals surface area contributed by atoms with Gasteiger partial charge in [0.1, 0.15) is 34.5 Å². The van der Waals surface area contributed by atoms with Gasteiger partial charge in [0.2, 0.25) is 21.9 Å². The first kappa shape index (κ1) is 23.3. The summed E-state index contributed by atoms with van der Waals surface area (Å²) in [5, 5.41) is 22.6. The van der Waals surface area contributed by atoms with Crippen molar-refractivity contribution in [1.29, 1.82) is 10.5 Å². The minimum Gasteiger partial charge on any atom is -0.435 e. The Balaban J connectivity index is 1.75. The van der Waals surface area contributed by atoms with Gasteiger partial charge >= 0.3 is 0 Å². The van der Waals surface area contributed by atoms with Gasteiger partial charge in [-0.3, -0.25) is 4.98 Å². The number of nitriles is 2. The molecule has 0 saturated heterocycles. The summed E-state index contributed by atoms with van der Waals surface area (Å²) in [5.74, 6) is 0.148. The lowest BCUT2D eigenvalue weighted by molar-refractivity contribution is 0.585. The molecule has 4 aromatic heterocycles. The van der Waals surface area contributed by atoms with E-state index in [2.05, 4.69) is 27.1 Å². The van der Waals surface area contributed by atoms with Crippen LogP contribution in [0.1, 0.15) is 28.5 Å². The van der Waals surface area contributed by atoms with Crippen LogP contribution in [0.15, 0.2) is 53.1 Å². The van der Waals surface area contributed by atoms with E-state index in [1.807, 2.05) is 49.4 Å². The largest absolute Gasteiger partial charge is 0.435 e. The summed E-state index contributed by atoms with van der Waals surface area (Å²) in [4.78, 5) is 13.7. The molecular formula is C28H17B2N7O. The standard InChI is InChI=1S/C28H17B2N7O/c1-14-8-9-23-21(10-14)35-28(38-23)18(12-32)27-25-16(3)36(29)26(24(25)15(2)37(27)30)17(11-31)22-13-33-19-6-4-5-7-20(19)34-22/h4-10,13H,1-3H3/b26-17-,27-18-. The number of aryl methyl sites for hydroxylation is 3. The molecule has 4 heterocycles. The second-order valence-corrected chi connectivity index (χ2v) is 9.07. The summed E-state index contributed by atoms with van der Waals surface area (Å²) in [6.45, 7) is 5.57. The third-order valence-electron chi connectivity index (χ3n) is 6.81. The van der Waals surface area contributed by atoms with Gasteiger partial charge in [0.15, 0.2) is 5.58 Å². The molecule has 6 aromatic rings. The predicted octanol–water partition coefficient (Wildman–Crippen LogP) is 2.76. The number of oxazole rings is 1. The normalized spacial score (nSPS) is 13.1. The van der Waals surface area contributed by atoms with Crippen molar-refractivity contribution in [1.82, 2.24) is 23.9 Å². The van der Waals surface area contributed by atoms with E-state index in [1.54, 1.807) is 20.0 Å². The molecule has 0 aliphatic carbocycles. The van der Waals surface area contributed by atoms with E-state index >= 15 is 0 Å². The van der Waals surface area contributed by atoms with Gasteiger partial charge in [-0.1, -0.05) is 18.2 Å². The molecule has 0 aliphatic rings. The Bertz CT molecular complexity index is 2170. The van der Waals surface area contributed by atoms with E-state index in [0.717, 1.165) is 5.56 Å². The zero-order valence-electron chi connectivity index (χ0n) is 20.8. The Morgan fingerprint density at radius 1 is 0.816 bits per heavy atom. The van der Waals surface area contributed by atoms with E-state index in [-0.39, 0.29) is 17.0 Å². The molecule has 0 saturated carbocycles. The van der Waals surface area contributed by atoms with Gasteiger partial charge in [0, 0.05) is 22.2 Å². The number of rotatable bonds is 2. The Kier molecular flexibility index (Phi) is 5.22. The van der Waals surface area contributed by atoms with Crippen molar-refractivity contribution in [3.05, 3.63) is 87.9 Å². The molecule has 0 atom stereocenters. The quantitative estimate of drug-likeness (QED) is 0.346. The molecule has 38 heavy (non-hydrogen) atoms. The number of fused-ring (bicyclic) bond motifs is 3. The molecule has 10 heteroatoms. The van der Waals surface area contributed by atoms with Gasteiger partial charge in [0.25, 0.3) is 0 Å². The highest BCUT2D eigenvalue weighted by Gasteiger charge is 2.23. The molecule has 6 rings (SSSR count). The van der Waals surface area contributed by atoms with Gasteiger partial charge in [-0.05, 0) is 50.6 Å². The van der Waals surface area contributed by atoms with Crippen molar-refractivity contribution >= 4 is 60.0 Å². The smallest absolute Gasteiger partial charge is 0.240 e. The molecule has 176 valence electrons. The zero-order chi connectivity index (χ0) is 26.7. The van der Waals surface area contributed by atoms with Crippen LogP contribution in [0, 0.1) is 43.4 Å². The highest BCUT2D eigenvalue weighted by molar-refractivity contribution is 6.14. The second kappa shape index (κ2) is 8.50. The topological polar surface area (TPSA) is 109 Å². The monoisotopic (exact) mass is 489 g/mol. The van der Waals surface area contributed by atoms with Crippen LogP contribution in [-0.2, 0) is 0 Å². The Morgan fingerprint density at radius 2 is 1.45 bits per heavy atom. The number of hydrogen-bond donors (Lipinski definition) is 0. The van der Waals surface area contributed by atoms with Crippen LogP contribution >= 0.6 is 0 Å². The zero-order valence-corrected chi connectivity index (χ0v) is 20.8. The second-order valence-electron chi connectivity index (χ2n) is 9.07. The summed E-state index contributed by atoms with van der Waals surface area (Å²) in [7, 11) is 13.1. The number of benzene rings is 2. The van der Waals surface area contributed by atoms with Crippen LogP contribution in [0.5, 0.6) is 0 Å². The maximum Gasteiger partial charge on any atom is 0.240 e. The highest BCUT2D eigenvalue weighted by atomic mass is 16.3. The number of para-hydroxylation sites is 2. The van der Waals surface area contributed by atoms with Gasteiger partial charge < -0.3 is 13.4 Å². The molecular weight excluding hydrogens is 472 g/mol. The summed E-state index contributed by atoms with van der Waals surface area (Å²) in [6.07, 6.45) is 1.55. The molecule has 0 fully saturated rings. The third kappa shape index (κ3) is 3.28. The van der Waals surface area contributed by atoms with Crippen molar-refractivity contribution in [3.63, 3.8) is 0 Å². The molecule has 2 aromatic carbocycles. The highest BCUT2D eigenvalue weighted by Crippen LogP contribution is 2.24. The summed E-state index contributed by atoms with van der Waals surface area (Å²) in [6, 6.07) is 17.5. The van der Waals surface area contributed by atoms with Crippen molar-refractivity contribution < 1.29 is 4.42 Å². The predicted molar refractivity (Wildman–Crippen MR) is 145 cm³/mol. The van der Waals surface area contributed by atoms with Crippen LogP contribution in [0.2, 0.25) is 0 Å². The number of nitrogens with zero attached hydrogens (tertiary/aromatic N) is 7. The number of hydrogen-bond acceptors (Lipinski definition) is 6.